The lowest BCUT2D eigenvalue weighted by Gasteiger charge is -2.19. The number of carbonyl (C=O) groups excluding carboxylic acids is 1. The lowest BCUT2D eigenvalue weighted by atomic mass is 10.00. The Kier molecular flexibility index (Phi) is 2.73. The maximum Gasteiger partial charge on any atom is 0.217 e. The fraction of sp³-hybridized carbons (Fsp3) is 0.600. The first kappa shape index (κ1) is 10.2. The number of hydrogen-bond acceptors (Lipinski definition) is 3. The molecule has 1 aromatic heterocycles. The van der Waals surface area contributed by atoms with E-state index in [1.807, 2.05) is 17.8 Å². The minimum absolute atomic E-state index is 0.0240. The van der Waals surface area contributed by atoms with Crippen LogP contribution in [0.5, 0.6) is 0 Å². The zero-order valence-corrected chi connectivity index (χ0v) is 9.03. The summed E-state index contributed by atoms with van der Waals surface area (Å²) in [5, 5.41) is 10.4. The third kappa shape index (κ3) is 2.02. The molecule has 1 aliphatic heterocycles. The van der Waals surface area contributed by atoms with Crippen LogP contribution < -0.4 is 10.6 Å². The van der Waals surface area contributed by atoms with Crippen LogP contribution in [0.1, 0.15) is 18.5 Å². The van der Waals surface area contributed by atoms with E-state index in [1.165, 1.54) is 5.69 Å². The van der Waals surface area contributed by atoms with Crippen LogP contribution in [-0.2, 0) is 11.8 Å². The monoisotopic (exact) mass is 208 g/mol. The van der Waals surface area contributed by atoms with Gasteiger partial charge < -0.3 is 10.6 Å². The first-order chi connectivity index (χ1) is 7.18. The average molecular weight is 208 g/mol. The highest BCUT2D eigenvalue weighted by atomic mass is 16.1. The van der Waals surface area contributed by atoms with E-state index in [9.17, 15) is 4.79 Å². The second-order valence-corrected chi connectivity index (χ2v) is 3.95. The molecule has 2 atom stereocenters. The second-order valence-electron chi connectivity index (χ2n) is 3.95. The van der Waals surface area contributed by atoms with E-state index < -0.39 is 0 Å². The Morgan fingerprint density at radius 2 is 2.47 bits per heavy atom. The fourth-order valence-electron chi connectivity index (χ4n) is 2.15. The summed E-state index contributed by atoms with van der Waals surface area (Å²) < 4.78 is 1.87. The van der Waals surface area contributed by atoms with Crippen LogP contribution in [0.25, 0.3) is 0 Å². The summed E-state index contributed by atoms with van der Waals surface area (Å²) in [7, 11) is 1.93. The van der Waals surface area contributed by atoms with Gasteiger partial charge in [0.2, 0.25) is 5.91 Å². The summed E-state index contributed by atoms with van der Waals surface area (Å²) in [5.74, 6) is 0.345. The van der Waals surface area contributed by atoms with Gasteiger partial charge in [0, 0.05) is 44.9 Å². The molecule has 1 aliphatic rings. The molecule has 2 N–H and O–H groups in total. The number of aryl methyl sites for hydroxylation is 1. The third-order valence-electron chi connectivity index (χ3n) is 2.84. The maximum absolute atomic E-state index is 11.0. The summed E-state index contributed by atoms with van der Waals surface area (Å²) in [6.45, 7) is 3.28. The van der Waals surface area contributed by atoms with Gasteiger partial charge in [0.05, 0.1) is 6.04 Å². The molecule has 0 spiro atoms. The molecule has 82 valence electrons. The van der Waals surface area contributed by atoms with Crippen molar-refractivity contribution in [3.05, 3.63) is 18.0 Å². The van der Waals surface area contributed by atoms with Gasteiger partial charge >= 0.3 is 0 Å². The summed E-state index contributed by atoms with van der Waals surface area (Å²) in [6.07, 6.45) is 1.79. The van der Waals surface area contributed by atoms with Crippen LogP contribution in [0.2, 0.25) is 0 Å². The van der Waals surface area contributed by atoms with Crippen molar-refractivity contribution in [1.29, 1.82) is 0 Å². The number of nitrogens with one attached hydrogen (secondary N) is 2. The Balaban J connectivity index is 2.14. The van der Waals surface area contributed by atoms with E-state index in [4.69, 9.17) is 0 Å². The summed E-state index contributed by atoms with van der Waals surface area (Å²) in [5.41, 5.74) is 1.17. The van der Waals surface area contributed by atoms with E-state index in [1.54, 1.807) is 13.1 Å². The predicted molar refractivity (Wildman–Crippen MR) is 56.4 cm³/mol. The van der Waals surface area contributed by atoms with Crippen molar-refractivity contribution in [2.24, 2.45) is 7.05 Å². The molecule has 2 rings (SSSR count). The van der Waals surface area contributed by atoms with Crippen LogP contribution in [0.15, 0.2) is 12.3 Å². The fourth-order valence-corrected chi connectivity index (χ4v) is 2.15. The van der Waals surface area contributed by atoms with E-state index in [-0.39, 0.29) is 11.9 Å². The molecule has 0 aromatic carbocycles. The SMILES string of the molecule is CC(=O)N[C@@H]1CNC[C@H]1c1ccnn1C. The van der Waals surface area contributed by atoms with Crippen LogP contribution in [0.4, 0.5) is 0 Å². The minimum Gasteiger partial charge on any atom is -0.352 e. The number of aromatic nitrogens is 2. The lowest BCUT2D eigenvalue weighted by molar-refractivity contribution is -0.119. The molecular weight excluding hydrogens is 192 g/mol. The number of nitrogens with zero attached hydrogens (tertiary/aromatic N) is 2. The Morgan fingerprint density at radius 3 is 3.07 bits per heavy atom. The zero-order valence-electron chi connectivity index (χ0n) is 9.03. The molecular formula is C10H16N4O. The van der Waals surface area contributed by atoms with Crippen molar-refractivity contribution in [2.75, 3.05) is 13.1 Å². The Hall–Kier alpha value is -1.36. The Bertz CT molecular complexity index is 360. The molecule has 0 radical (unpaired) electrons. The Morgan fingerprint density at radius 1 is 1.67 bits per heavy atom. The van der Waals surface area contributed by atoms with Crippen molar-refractivity contribution in [2.45, 2.75) is 18.9 Å². The molecule has 5 heteroatoms. The van der Waals surface area contributed by atoms with Gasteiger partial charge in [-0.2, -0.15) is 5.10 Å². The normalized spacial score (nSPS) is 25.5. The molecule has 1 fully saturated rings. The van der Waals surface area contributed by atoms with Crippen LogP contribution >= 0.6 is 0 Å². The van der Waals surface area contributed by atoms with E-state index in [0.29, 0.717) is 5.92 Å². The molecule has 0 bridgehead atoms. The summed E-state index contributed by atoms with van der Waals surface area (Å²) in [4.78, 5) is 11.0. The van der Waals surface area contributed by atoms with Crippen LogP contribution in [0, 0.1) is 0 Å². The van der Waals surface area contributed by atoms with Crippen molar-refractivity contribution in [3.8, 4) is 0 Å². The molecule has 0 saturated carbocycles. The van der Waals surface area contributed by atoms with E-state index in [2.05, 4.69) is 15.7 Å². The molecule has 15 heavy (non-hydrogen) atoms. The zero-order chi connectivity index (χ0) is 10.8. The number of amides is 1. The van der Waals surface area contributed by atoms with Gasteiger partial charge in [-0.25, -0.2) is 0 Å². The van der Waals surface area contributed by atoms with Gasteiger partial charge in [-0.1, -0.05) is 0 Å². The highest BCUT2D eigenvalue weighted by Gasteiger charge is 2.30. The first-order valence-corrected chi connectivity index (χ1v) is 5.14. The molecule has 2 heterocycles. The summed E-state index contributed by atoms with van der Waals surface area (Å²) >= 11 is 0. The second kappa shape index (κ2) is 4.02. The molecule has 5 nitrogen and oxygen atoms in total. The van der Waals surface area contributed by atoms with Gasteiger partial charge in [0.1, 0.15) is 0 Å². The van der Waals surface area contributed by atoms with Gasteiger partial charge in [0.25, 0.3) is 0 Å². The number of hydrogen-bond donors (Lipinski definition) is 2. The minimum atomic E-state index is 0.0240. The molecule has 0 aliphatic carbocycles. The average Bonchev–Trinajstić information content (AvgIpc) is 2.73. The standard InChI is InChI=1S/C10H16N4O/c1-7(15)13-9-6-11-5-8(9)10-3-4-12-14(10)2/h3-4,8-9,11H,5-6H2,1-2H3,(H,13,15)/t8-,9-/m1/s1. The Labute approximate surface area is 88.8 Å². The topological polar surface area (TPSA) is 59.0 Å². The summed E-state index contributed by atoms with van der Waals surface area (Å²) in [6, 6.07) is 2.19. The van der Waals surface area contributed by atoms with Crippen molar-refractivity contribution in [3.63, 3.8) is 0 Å². The van der Waals surface area contributed by atoms with Crippen molar-refractivity contribution in [1.82, 2.24) is 20.4 Å². The van der Waals surface area contributed by atoms with Gasteiger partial charge in [0.15, 0.2) is 0 Å². The molecule has 0 unspecified atom stereocenters. The van der Waals surface area contributed by atoms with E-state index in [0.717, 1.165) is 13.1 Å². The predicted octanol–water partition coefficient (Wildman–Crippen LogP) is -0.388. The largest absolute Gasteiger partial charge is 0.352 e. The van der Waals surface area contributed by atoms with E-state index >= 15 is 0 Å². The first-order valence-electron chi connectivity index (χ1n) is 5.14. The van der Waals surface area contributed by atoms with Gasteiger partial charge in [-0.3, -0.25) is 9.48 Å². The smallest absolute Gasteiger partial charge is 0.217 e. The van der Waals surface area contributed by atoms with Crippen molar-refractivity contribution < 1.29 is 4.79 Å². The van der Waals surface area contributed by atoms with Crippen LogP contribution in [-0.4, -0.2) is 34.8 Å². The quantitative estimate of drug-likeness (QED) is 0.696. The van der Waals surface area contributed by atoms with Crippen molar-refractivity contribution >= 4 is 5.91 Å². The maximum atomic E-state index is 11.0. The highest BCUT2D eigenvalue weighted by Crippen LogP contribution is 2.21. The third-order valence-corrected chi connectivity index (χ3v) is 2.84. The molecule has 1 aromatic rings. The highest BCUT2D eigenvalue weighted by molar-refractivity contribution is 5.73. The molecule has 1 amide bonds. The molecule has 1 saturated heterocycles. The van der Waals surface area contributed by atoms with Gasteiger partial charge in [-0.15, -0.1) is 0 Å². The van der Waals surface area contributed by atoms with Crippen LogP contribution in [0.3, 0.4) is 0 Å². The number of rotatable bonds is 2. The number of carbonyl (C=O) groups is 1. The lowest BCUT2D eigenvalue weighted by Crippen LogP contribution is -2.38. The van der Waals surface area contributed by atoms with Gasteiger partial charge in [-0.05, 0) is 6.07 Å².